The molecule has 0 amide bonds. The Balaban J connectivity index is 0.945. The first-order chi connectivity index (χ1) is 29.2. The van der Waals surface area contributed by atoms with Crippen molar-refractivity contribution in [3.05, 3.63) is 200 Å². The first-order valence-corrected chi connectivity index (χ1v) is 19.8. The molecular formula is C54H33N3O2. The van der Waals surface area contributed by atoms with Gasteiger partial charge < -0.3 is 13.7 Å². The number of para-hydroxylation sites is 3. The molecule has 5 nitrogen and oxygen atoms in total. The highest BCUT2D eigenvalue weighted by Gasteiger charge is 2.18. The highest BCUT2D eigenvalue weighted by molar-refractivity contribution is 6.10. The van der Waals surface area contributed by atoms with E-state index in [1.807, 2.05) is 54.7 Å². The van der Waals surface area contributed by atoms with Gasteiger partial charge in [-0.05, 0) is 140 Å². The Morgan fingerprint density at radius 1 is 0.390 bits per heavy atom. The summed E-state index contributed by atoms with van der Waals surface area (Å²) < 4.78 is 12.5. The van der Waals surface area contributed by atoms with Crippen LogP contribution in [0.2, 0.25) is 0 Å². The third-order valence-electron chi connectivity index (χ3n) is 11.5. The van der Waals surface area contributed by atoms with Gasteiger partial charge in [-0.1, -0.05) is 103 Å². The minimum Gasteiger partial charge on any atom is -0.454 e. The Labute approximate surface area is 339 Å². The Bertz CT molecular complexity index is 3530. The first-order valence-electron chi connectivity index (χ1n) is 19.8. The van der Waals surface area contributed by atoms with Crippen molar-refractivity contribution >= 4 is 82.5 Å². The van der Waals surface area contributed by atoms with Gasteiger partial charge in [0.05, 0.1) is 0 Å². The van der Waals surface area contributed by atoms with Crippen molar-refractivity contribution in [2.24, 2.45) is 0 Å². The van der Waals surface area contributed by atoms with E-state index in [2.05, 4.69) is 155 Å². The molecule has 0 N–H and O–H groups in total. The lowest BCUT2D eigenvalue weighted by Crippen LogP contribution is -2.09. The van der Waals surface area contributed by atoms with Crippen LogP contribution in [0.3, 0.4) is 0 Å². The molecule has 3 heterocycles. The molecule has 5 heteroatoms. The molecule has 9 aromatic carbocycles. The highest BCUT2D eigenvalue weighted by Crippen LogP contribution is 2.41. The van der Waals surface area contributed by atoms with Crippen LogP contribution >= 0.6 is 0 Å². The van der Waals surface area contributed by atoms with Crippen molar-refractivity contribution < 1.29 is 8.83 Å². The van der Waals surface area contributed by atoms with E-state index in [-0.39, 0.29) is 0 Å². The zero-order valence-electron chi connectivity index (χ0n) is 31.7. The van der Waals surface area contributed by atoms with E-state index >= 15 is 0 Å². The van der Waals surface area contributed by atoms with Gasteiger partial charge in [-0.2, -0.15) is 0 Å². The lowest BCUT2D eigenvalue weighted by atomic mass is 9.96. The average molecular weight is 756 g/mol. The summed E-state index contributed by atoms with van der Waals surface area (Å²) in [5.74, 6) is 0.601. The molecule has 0 radical (unpaired) electrons. The van der Waals surface area contributed by atoms with Crippen LogP contribution in [0.25, 0.3) is 99.2 Å². The molecule has 12 rings (SSSR count). The van der Waals surface area contributed by atoms with E-state index in [0.717, 1.165) is 66.9 Å². The molecule has 0 saturated heterocycles. The Morgan fingerprint density at radius 3 is 1.78 bits per heavy atom. The second kappa shape index (κ2) is 13.3. The minimum atomic E-state index is 0.601. The highest BCUT2D eigenvalue weighted by atomic mass is 16.3. The van der Waals surface area contributed by atoms with Crippen molar-refractivity contribution in [3.8, 4) is 33.7 Å². The van der Waals surface area contributed by atoms with Crippen LogP contribution in [0.1, 0.15) is 0 Å². The van der Waals surface area contributed by atoms with Crippen molar-refractivity contribution in [1.82, 2.24) is 9.97 Å². The standard InChI is InChI=1S/C54H33N3O2/c1-2-8-37-31-38(14-13-34(37)7-1)39-21-27-45-40(32-39)15-16-41-33-44(26-28-46(41)45)57(43-24-19-36(20-25-43)54-56-49-10-4-6-12-51(49)59-54)42-22-17-35(18-23-42)47-29-30-55-52-48-9-3-5-11-50(48)58-53(47)52/h1-33H. The van der Waals surface area contributed by atoms with Gasteiger partial charge >= 0.3 is 0 Å². The van der Waals surface area contributed by atoms with E-state index < -0.39 is 0 Å². The summed E-state index contributed by atoms with van der Waals surface area (Å²) in [4.78, 5) is 11.7. The largest absolute Gasteiger partial charge is 0.454 e. The number of nitrogens with zero attached hydrogens (tertiary/aromatic N) is 3. The fourth-order valence-electron chi connectivity index (χ4n) is 8.56. The van der Waals surface area contributed by atoms with Crippen LogP contribution in [-0.4, -0.2) is 9.97 Å². The zero-order chi connectivity index (χ0) is 38.9. The maximum atomic E-state index is 6.35. The molecule has 0 atom stereocenters. The van der Waals surface area contributed by atoms with Gasteiger partial charge in [0.2, 0.25) is 5.89 Å². The molecule has 59 heavy (non-hydrogen) atoms. The maximum absolute atomic E-state index is 6.35. The molecule has 0 aliphatic carbocycles. The zero-order valence-corrected chi connectivity index (χ0v) is 31.7. The molecule has 0 fully saturated rings. The topological polar surface area (TPSA) is 55.3 Å². The Morgan fingerprint density at radius 2 is 0.983 bits per heavy atom. The number of aromatic nitrogens is 2. The minimum absolute atomic E-state index is 0.601. The predicted molar refractivity (Wildman–Crippen MR) is 243 cm³/mol. The fraction of sp³-hybridized carbons (Fsp3) is 0. The number of benzene rings is 9. The number of oxazole rings is 1. The summed E-state index contributed by atoms with van der Waals surface area (Å²) in [7, 11) is 0. The molecule has 0 aliphatic rings. The van der Waals surface area contributed by atoms with Crippen LogP contribution < -0.4 is 4.90 Å². The SMILES string of the molecule is c1ccc2cc(-c3ccc4c(ccc5cc(N(c6ccc(-c7nc8ccccc8o7)cc6)c6ccc(-c7ccnc8c7oc7ccccc78)cc6)ccc54)c3)ccc2c1. The number of hydrogen-bond acceptors (Lipinski definition) is 5. The summed E-state index contributed by atoms with van der Waals surface area (Å²) in [6, 6.07) is 68.4. The lowest BCUT2D eigenvalue weighted by molar-refractivity contribution is 0.620. The summed E-state index contributed by atoms with van der Waals surface area (Å²) in [6.07, 6.45) is 1.86. The van der Waals surface area contributed by atoms with Crippen molar-refractivity contribution in [2.45, 2.75) is 0 Å². The molecule has 0 bridgehead atoms. The van der Waals surface area contributed by atoms with Crippen LogP contribution in [0, 0.1) is 0 Å². The normalized spacial score (nSPS) is 11.7. The van der Waals surface area contributed by atoms with Gasteiger partial charge in [0, 0.05) is 39.8 Å². The number of pyridine rings is 1. The van der Waals surface area contributed by atoms with E-state index in [0.29, 0.717) is 5.89 Å². The number of fused-ring (bicyclic) bond motifs is 8. The van der Waals surface area contributed by atoms with Crippen molar-refractivity contribution in [1.29, 1.82) is 0 Å². The molecule has 0 aliphatic heterocycles. The number of anilines is 3. The molecule has 0 spiro atoms. The van der Waals surface area contributed by atoms with Gasteiger partial charge in [0.15, 0.2) is 11.2 Å². The Kier molecular flexibility index (Phi) is 7.47. The smallest absolute Gasteiger partial charge is 0.227 e. The average Bonchev–Trinajstić information content (AvgIpc) is 3.91. The fourth-order valence-corrected chi connectivity index (χ4v) is 8.56. The lowest BCUT2D eigenvalue weighted by Gasteiger charge is -2.26. The second-order valence-corrected chi connectivity index (χ2v) is 15.0. The van der Waals surface area contributed by atoms with Gasteiger partial charge in [0.1, 0.15) is 16.6 Å². The van der Waals surface area contributed by atoms with Crippen LogP contribution in [0.5, 0.6) is 0 Å². The van der Waals surface area contributed by atoms with E-state index in [1.165, 1.54) is 43.4 Å². The van der Waals surface area contributed by atoms with Crippen molar-refractivity contribution in [3.63, 3.8) is 0 Å². The maximum Gasteiger partial charge on any atom is 0.227 e. The molecular weight excluding hydrogens is 723 g/mol. The number of furan rings is 1. The van der Waals surface area contributed by atoms with Crippen LogP contribution in [0.4, 0.5) is 17.1 Å². The summed E-state index contributed by atoms with van der Waals surface area (Å²) in [5, 5.41) is 8.34. The van der Waals surface area contributed by atoms with E-state index in [1.54, 1.807) is 0 Å². The van der Waals surface area contributed by atoms with Gasteiger partial charge in [-0.15, -0.1) is 0 Å². The van der Waals surface area contributed by atoms with E-state index in [4.69, 9.17) is 13.8 Å². The number of rotatable bonds is 6. The summed E-state index contributed by atoms with van der Waals surface area (Å²) >= 11 is 0. The molecule has 12 aromatic rings. The number of hydrogen-bond donors (Lipinski definition) is 0. The summed E-state index contributed by atoms with van der Waals surface area (Å²) in [5.41, 5.74) is 12.6. The third kappa shape index (κ3) is 5.63. The van der Waals surface area contributed by atoms with Crippen LogP contribution in [-0.2, 0) is 0 Å². The monoisotopic (exact) mass is 755 g/mol. The second-order valence-electron chi connectivity index (χ2n) is 15.0. The first kappa shape index (κ1) is 33.2. The summed E-state index contributed by atoms with van der Waals surface area (Å²) in [6.45, 7) is 0. The van der Waals surface area contributed by atoms with Crippen LogP contribution in [0.15, 0.2) is 209 Å². The molecule has 3 aromatic heterocycles. The molecule has 276 valence electrons. The van der Waals surface area contributed by atoms with Gasteiger partial charge in [0.25, 0.3) is 0 Å². The van der Waals surface area contributed by atoms with E-state index in [9.17, 15) is 0 Å². The van der Waals surface area contributed by atoms with Gasteiger partial charge in [-0.3, -0.25) is 4.98 Å². The molecule has 0 saturated carbocycles. The van der Waals surface area contributed by atoms with Gasteiger partial charge in [-0.25, -0.2) is 4.98 Å². The molecule has 0 unspecified atom stereocenters. The third-order valence-corrected chi connectivity index (χ3v) is 11.5. The quantitative estimate of drug-likeness (QED) is 0.158. The predicted octanol–water partition coefficient (Wildman–Crippen LogP) is 15.1. The Hall–Kier alpha value is -8.02. The van der Waals surface area contributed by atoms with Crippen molar-refractivity contribution in [2.75, 3.05) is 4.90 Å².